The summed E-state index contributed by atoms with van der Waals surface area (Å²) < 4.78 is 5.51. The first-order valence-electron chi connectivity index (χ1n) is 6.85. The number of hydrogen-bond donors (Lipinski definition) is 1. The minimum atomic E-state index is -0.388. The minimum Gasteiger partial charge on any atom is -0.494 e. The van der Waals surface area contributed by atoms with Crippen LogP contribution in [0.5, 0.6) is 5.75 Å². The fourth-order valence-corrected chi connectivity index (χ4v) is 1.92. The maximum Gasteiger partial charge on any atom is 0.292 e. The smallest absolute Gasteiger partial charge is 0.292 e. The molecule has 0 unspecified atom stereocenters. The number of hydrogen-bond acceptors (Lipinski definition) is 4. The molecule has 2 rings (SSSR count). The summed E-state index contributed by atoms with van der Waals surface area (Å²) in [6.07, 6.45) is 0.954. The molecule has 0 spiro atoms. The summed E-state index contributed by atoms with van der Waals surface area (Å²) in [6.45, 7) is 4.62. The van der Waals surface area contributed by atoms with Crippen LogP contribution >= 0.6 is 0 Å². The Hall–Kier alpha value is -2.56. The number of nitrogens with one attached hydrogen (secondary N) is 1. The van der Waals surface area contributed by atoms with Crippen LogP contribution in [0.2, 0.25) is 0 Å². The van der Waals surface area contributed by atoms with Gasteiger partial charge in [-0.05, 0) is 49.2 Å². The van der Waals surface area contributed by atoms with Gasteiger partial charge in [0.25, 0.3) is 5.69 Å². The molecule has 0 saturated heterocycles. The summed E-state index contributed by atoms with van der Waals surface area (Å²) in [5, 5.41) is 14.1. The normalized spacial score (nSPS) is 10.2. The molecule has 110 valence electrons. The number of nitrogens with zero attached hydrogens (tertiary/aromatic N) is 1. The lowest BCUT2D eigenvalue weighted by Crippen LogP contribution is -1.98. The molecule has 0 aliphatic heterocycles. The molecule has 0 atom stereocenters. The number of anilines is 2. The molecule has 0 heterocycles. The minimum absolute atomic E-state index is 0.0620. The number of ether oxygens (including phenoxy) is 1. The second kappa shape index (κ2) is 6.74. The Bertz CT molecular complexity index is 624. The Morgan fingerprint density at radius 2 is 1.90 bits per heavy atom. The van der Waals surface area contributed by atoms with Gasteiger partial charge in [0.1, 0.15) is 11.4 Å². The van der Waals surface area contributed by atoms with Crippen molar-refractivity contribution in [2.45, 2.75) is 20.3 Å². The summed E-state index contributed by atoms with van der Waals surface area (Å²) in [5.74, 6) is 0.793. The van der Waals surface area contributed by atoms with Crippen LogP contribution in [0.15, 0.2) is 42.5 Å². The van der Waals surface area contributed by atoms with Crippen LogP contribution in [-0.4, -0.2) is 11.5 Å². The lowest BCUT2D eigenvalue weighted by atomic mass is 10.2. The molecule has 0 bridgehead atoms. The van der Waals surface area contributed by atoms with Crippen LogP contribution in [0, 0.1) is 17.0 Å². The zero-order chi connectivity index (χ0) is 15.2. The third kappa shape index (κ3) is 3.95. The van der Waals surface area contributed by atoms with Crippen molar-refractivity contribution in [3.63, 3.8) is 0 Å². The lowest BCUT2D eigenvalue weighted by Gasteiger charge is -2.09. The van der Waals surface area contributed by atoms with Gasteiger partial charge in [0.05, 0.1) is 11.5 Å². The van der Waals surface area contributed by atoms with E-state index in [1.54, 1.807) is 12.1 Å². The molecular formula is C16H18N2O3. The Labute approximate surface area is 123 Å². The average molecular weight is 286 g/mol. The topological polar surface area (TPSA) is 64.4 Å². The quantitative estimate of drug-likeness (QED) is 0.630. The van der Waals surface area contributed by atoms with Crippen molar-refractivity contribution < 1.29 is 9.66 Å². The van der Waals surface area contributed by atoms with Gasteiger partial charge in [0.15, 0.2) is 0 Å². The van der Waals surface area contributed by atoms with Gasteiger partial charge in [0.2, 0.25) is 0 Å². The number of nitro benzene ring substituents is 1. The molecular weight excluding hydrogens is 268 g/mol. The van der Waals surface area contributed by atoms with E-state index in [1.165, 1.54) is 6.07 Å². The molecule has 0 aliphatic rings. The Kier molecular flexibility index (Phi) is 4.77. The molecule has 0 fully saturated rings. The van der Waals surface area contributed by atoms with Crippen LogP contribution in [0.25, 0.3) is 0 Å². The van der Waals surface area contributed by atoms with Crippen LogP contribution in [0.4, 0.5) is 17.1 Å². The molecule has 0 aliphatic carbocycles. The maximum absolute atomic E-state index is 11.0. The van der Waals surface area contributed by atoms with Crippen molar-refractivity contribution >= 4 is 17.1 Å². The molecule has 0 radical (unpaired) electrons. The molecule has 5 nitrogen and oxygen atoms in total. The van der Waals surface area contributed by atoms with Gasteiger partial charge < -0.3 is 10.1 Å². The van der Waals surface area contributed by atoms with E-state index in [4.69, 9.17) is 4.74 Å². The fraction of sp³-hybridized carbons (Fsp3) is 0.250. The maximum atomic E-state index is 11.0. The van der Waals surface area contributed by atoms with E-state index in [1.807, 2.05) is 38.1 Å². The first-order valence-corrected chi connectivity index (χ1v) is 6.85. The molecule has 1 N–H and O–H groups in total. The number of aryl methyl sites for hydroxylation is 1. The Morgan fingerprint density at radius 1 is 1.19 bits per heavy atom. The molecule has 0 aromatic heterocycles. The van der Waals surface area contributed by atoms with Gasteiger partial charge in [-0.3, -0.25) is 10.1 Å². The van der Waals surface area contributed by atoms with Gasteiger partial charge in [-0.2, -0.15) is 0 Å². The highest BCUT2D eigenvalue weighted by Gasteiger charge is 2.13. The molecule has 21 heavy (non-hydrogen) atoms. The van der Waals surface area contributed by atoms with Crippen molar-refractivity contribution in [1.29, 1.82) is 0 Å². The van der Waals surface area contributed by atoms with Crippen LogP contribution in [0.3, 0.4) is 0 Å². The summed E-state index contributed by atoms with van der Waals surface area (Å²) in [7, 11) is 0. The summed E-state index contributed by atoms with van der Waals surface area (Å²) in [4.78, 5) is 10.7. The van der Waals surface area contributed by atoms with Crippen molar-refractivity contribution in [2.24, 2.45) is 0 Å². The second-order valence-electron chi connectivity index (χ2n) is 4.78. The van der Waals surface area contributed by atoms with E-state index >= 15 is 0 Å². The van der Waals surface area contributed by atoms with Crippen molar-refractivity contribution in [2.75, 3.05) is 11.9 Å². The highest BCUT2D eigenvalue weighted by atomic mass is 16.6. The van der Waals surface area contributed by atoms with E-state index in [0.717, 1.165) is 23.4 Å². The summed E-state index contributed by atoms with van der Waals surface area (Å²) in [5.41, 5.74) is 2.30. The SMILES string of the molecule is CCCOc1ccc(Nc2cc(C)ccc2[N+](=O)[O-])cc1. The monoisotopic (exact) mass is 286 g/mol. The van der Waals surface area contributed by atoms with E-state index in [2.05, 4.69) is 5.32 Å². The predicted octanol–water partition coefficient (Wildman–Crippen LogP) is 4.44. The van der Waals surface area contributed by atoms with Crippen molar-refractivity contribution in [3.05, 3.63) is 58.1 Å². The van der Waals surface area contributed by atoms with Crippen molar-refractivity contribution in [3.8, 4) is 5.75 Å². The summed E-state index contributed by atoms with van der Waals surface area (Å²) in [6, 6.07) is 12.4. The summed E-state index contributed by atoms with van der Waals surface area (Å²) >= 11 is 0. The van der Waals surface area contributed by atoms with E-state index in [0.29, 0.717) is 12.3 Å². The number of nitro groups is 1. The molecule has 0 amide bonds. The first kappa shape index (κ1) is 14.8. The van der Waals surface area contributed by atoms with E-state index in [9.17, 15) is 10.1 Å². The van der Waals surface area contributed by atoms with Gasteiger partial charge >= 0.3 is 0 Å². The third-order valence-electron chi connectivity index (χ3n) is 2.95. The van der Waals surface area contributed by atoms with Gasteiger partial charge in [0, 0.05) is 11.8 Å². The van der Waals surface area contributed by atoms with Crippen LogP contribution in [-0.2, 0) is 0 Å². The van der Waals surface area contributed by atoms with E-state index in [-0.39, 0.29) is 10.6 Å². The van der Waals surface area contributed by atoms with Gasteiger partial charge in [-0.15, -0.1) is 0 Å². The molecule has 5 heteroatoms. The van der Waals surface area contributed by atoms with Crippen LogP contribution < -0.4 is 10.1 Å². The molecule has 2 aromatic carbocycles. The third-order valence-corrected chi connectivity index (χ3v) is 2.95. The average Bonchev–Trinajstić information content (AvgIpc) is 2.46. The Balaban J connectivity index is 2.18. The predicted molar refractivity (Wildman–Crippen MR) is 83.3 cm³/mol. The fourth-order valence-electron chi connectivity index (χ4n) is 1.92. The lowest BCUT2D eigenvalue weighted by molar-refractivity contribution is -0.383. The van der Waals surface area contributed by atoms with Crippen molar-refractivity contribution in [1.82, 2.24) is 0 Å². The van der Waals surface area contributed by atoms with Gasteiger partial charge in [-0.1, -0.05) is 13.0 Å². The molecule has 2 aromatic rings. The highest BCUT2D eigenvalue weighted by Crippen LogP contribution is 2.29. The number of benzene rings is 2. The van der Waals surface area contributed by atoms with E-state index < -0.39 is 0 Å². The zero-order valence-corrected chi connectivity index (χ0v) is 12.1. The number of rotatable bonds is 6. The first-order chi connectivity index (χ1) is 10.1. The second-order valence-corrected chi connectivity index (χ2v) is 4.78. The standard InChI is InChI=1S/C16H18N2O3/c1-3-10-21-14-7-5-13(6-8-14)17-15-11-12(2)4-9-16(15)18(19)20/h4-9,11,17H,3,10H2,1-2H3. The largest absolute Gasteiger partial charge is 0.494 e. The highest BCUT2D eigenvalue weighted by molar-refractivity contribution is 5.70. The Morgan fingerprint density at radius 3 is 2.52 bits per heavy atom. The van der Waals surface area contributed by atoms with Crippen LogP contribution in [0.1, 0.15) is 18.9 Å². The molecule has 0 saturated carbocycles. The van der Waals surface area contributed by atoms with Gasteiger partial charge in [-0.25, -0.2) is 0 Å². The zero-order valence-electron chi connectivity index (χ0n) is 12.1.